The summed E-state index contributed by atoms with van der Waals surface area (Å²) in [6.45, 7) is 6.27. The van der Waals surface area contributed by atoms with Gasteiger partial charge in [0.2, 0.25) is 0 Å². The fourth-order valence-corrected chi connectivity index (χ4v) is 4.51. The van der Waals surface area contributed by atoms with Crippen LogP contribution in [0.1, 0.15) is 46.9 Å². The van der Waals surface area contributed by atoms with Crippen molar-refractivity contribution in [1.29, 1.82) is 0 Å². The maximum Gasteiger partial charge on any atom is 0.338 e. The number of hydrogen-bond donors (Lipinski definition) is 1. The molecule has 1 aromatic heterocycles. The lowest BCUT2D eigenvalue weighted by Crippen LogP contribution is -2.09. The number of para-hydroxylation sites is 1. The van der Waals surface area contributed by atoms with Gasteiger partial charge < -0.3 is 9.84 Å². The molecule has 0 fully saturated rings. The van der Waals surface area contributed by atoms with Crippen LogP contribution < -0.4 is 4.74 Å². The van der Waals surface area contributed by atoms with E-state index < -0.39 is 11.8 Å². The Labute approximate surface area is 212 Å². The number of carboxylic acid groups (broad SMARTS) is 1. The fraction of sp³-hybridized carbons (Fsp3) is 0.185. The van der Waals surface area contributed by atoms with Crippen molar-refractivity contribution in [1.82, 2.24) is 9.78 Å². The third kappa shape index (κ3) is 5.04. The highest BCUT2D eigenvalue weighted by atomic mass is 35.5. The zero-order chi connectivity index (χ0) is 25.3. The third-order valence-electron chi connectivity index (χ3n) is 5.76. The highest BCUT2D eigenvalue weighted by Gasteiger charge is 2.19. The minimum Gasteiger partial charge on any atom is -0.487 e. The Bertz CT molecular complexity index is 1400. The molecule has 3 aromatic carbocycles. The molecule has 0 aliphatic carbocycles. The van der Waals surface area contributed by atoms with Gasteiger partial charge in [0.05, 0.1) is 27.5 Å². The van der Waals surface area contributed by atoms with Crippen LogP contribution in [-0.4, -0.2) is 20.9 Å². The lowest BCUT2D eigenvalue weighted by atomic mass is 9.99. The van der Waals surface area contributed by atoms with E-state index in [2.05, 4.69) is 18.9 Å². The van der Waals surface area contributed by atoms with Gasteiger partial charge >= 0.3 is 5.97 Å². The Morgan fingerprint density at radius 3 is 2.43 bits per heavy atom. The van der Waals surface area contributed by atoms with Crippen LogP contribution in [0.5, 0.6) is 5.75 Å². The van der Waals surface area contributed by atoms with Gasteiger partial charge in [-0.15, -0.1) is 0 Å². The maximum absolute atomic E-state index is 14.2. The van der Waals surface area contributed by atoms with E-state index in [1.54, 1.807) is 41.2 Å². The molecule has 180 valence electrons. The molecule has 0 bridgehead atoms. The maximum atomic E-state index is 14.2. The van der Waals surface area contributed by atoms with Crippen molar-refractivity contribution in [3.63, 3.8) is 0 Å². The summed E-state index contributed by atoms with van der Waals surface area (Å²) in [5, 5.41) is 14.6. The topological polar surface area (TPSA) is 64.4 Å². The van der Waals surface area contributed by atoms with Gasteiger partial charge in [-0.05, 0) is 71.5 Å². The number of benzene rings is 3. The molecular formula is C27H23Cl2FN2O3. The number of hydrogen-bond acceptors (Lipinski definition) is 3. The van der Waals surface area contributed by atoms with Crippen molar-refractivity contribution in [3.05, 3.63) is 99.0 Å². The predicted octanol–water partition coefficient (Wildman–Crippen LogP) is 7.69. The van der Waals surface area contributed by atoms with Crippen molar-refractivity contribution < 1.29 is 19.0 Å². The van der Waals surface area contributed by atoms with E-state index >= 15 is 0 Å². The van der Waals surface area contributed by atoms with Crippen LogP contribution >= 0.6 is 23.2 Å². The summed E-state index contributed by atoms with van der Waals surface area (Å²) in [5.41, 5.74) is 4.32. The van der Waals surface area contributed by atoms with E-state index in [0.29, 0.717) is 27.0 Å². The van der Waals surface area contributed by atoms with Crippen LogP contribution in [0.4, 0.5) is 4.39 Å². The summed E-state index contributed by atoms with van der Waals surface area (Å²) < 4.78 is 22.0. The van der Waals surface area contributed by atoms with Crippen molar-refractivity contribution in [2.45, 2.75) is 33.3 Å². The van der Waals surface area contributed by atoms with Crippen LogP contribution in [0.15, 0.2) is 60.8 Å². The summed E-state index contributed by atoms with van der Waals surface area (Å²) in [7, 11) is 0. The fourth-order valence-electron chi connectivity index (χ4n) is 3.95. The molecule has 0 aliphatic rings. The van der Waals surface area contributed by atoms with Crippen LogP contribution in [0.25, 0.3) is 16.8 Å². The molecule has 1 N–H and O–H groups in total. The summed E-state index contributed by atoms with van der Waals surface area (Å²) in [5.74, 6) is -1.24. The Hall–Kier alpha value is -3.35. The molecule has 1 heterocycles. The van der Waals surface area contributed by atoms with Crippen molar-refractivity contribution in [2.75, 3.05) is 0 Å². The zero-order valence-corrected chi connectivity index (χ0v) is 20.9. The van der Waals surface area contributed by atoms with E-state index in [-0.39, 0.29) is 18.1 Å². The first-order chi connectivity index (χ1) is 16.7. The van der Waals surface area contributed by atoms with Gasteiger partial charge in [0.25, 0.3) is 0 Å². The van der Waals surface area contributed by atoms with Crippen LogP contribution in [0.3, 0.4) is 0 Å². The molecule has 0 saturated heterocycles. The predicted molar refractivity (Wildman–Crippen MR) is 136 cm³/mol. The highest BCUT2D eigenvalue weighted by Crippen LogP contribution is 2.33. The molecule has 5 nitrogen and oxygen atoms in total. The largest absolute Gasteiger partial charge is 0.487 e. The molecule has 0 radical (unpaired) electrons. The second kappa shape index (κ2) is 10.1. The number of rotatable bonds is 7. The van der Waals surface area contributed by atoms with E-state index in [4.69, 9.17) is 33.0 Å². The number of ether oxygens (including phenoxy) is 1. The minimum absolute atomic E-state index is 0.205. The average Bonchev–Trinajstić information content (AvgIpc) is 3.21. The number of carbonyl (C=O) groups is 1. The van der Waals surface area contributed by atoms with Gasteiger partial charge in [-0.2, -0.15) is 5.10 Å². The number of halogens is 3. The van der Waals surface area contributed by atoms with Gasteiger partial charge in [0, 0.05) is 0 Å². The SMILES string of the molecule is Cc1cc(OCc2c(C(C)C)cnn2-c2c(Cl)cccc2Cl)ccc1-c1ccc(C(=O)O)c(F)c1. The van der Waals surface area contributed by atoms with E-state index in [0.717, 1.165) is 22.4 Å². The van der Waals surface area contributed by atoms with Gasteiger partial charge in [-0.1, -0.05) is 55.2 Å². The Morgan fingerprint density at radius 1 is 1.11 bits per heavy atom. The second-order valence-corrected chi connectivity index (χ2v) is 9.26. The molecule has 4 aromatic rings. The first-order valence-electron chi connectivity index (χ1n) is 10.9. The normalized spacial score (nSPS) is 11.2. The molecule has 4 rings (SSSR count). The second-order valence-electron chi connectivity index (χ2n) is 8.45. The van der Waals surface area contributed by atoms with Crippen molar-refractivity contribution >= 4 is 29.2 Å². The molecular weight excluding hydrogens is 490 g/mol. The first kappa shape index (κ1) is 24.8. The van der Waals surface area contributed by atoms with Crippen molar-refractivity contribution in [3.8, 4) is 22.6 Å². The summed E-state index contributed by atoms with van der Waals surface area (Å²) in [6.07, 6.45) is 1.80. The molecule has 35 heavy (non-hydrogen) atoms. The highest BCUT2D eigenvalue weighted by molar-refractivity contribution is 6.37. The third-order valence-corrected chi connectivity index (χ3v) is 6.37. The monoisotopic (exact) mass is 512 g/mol. The van der Waals surface area contributed by atoms with Crippen LogP contribution in [0, 0.1) is 12.7 Å². The van der Waals surface area contributed by atoms with Crippen LogP contribution in [0.2, 0.25) is 10.0 Å². The molecule has 0 unspecified atom stereocenters. The smallest absolute Gasteiger partial charge is 0.338 e. The molecule has 0 atom stereocenters. The number of aromatic carboxylic acids is 1. The molecule has 0 aliphatic heterocycles. The summed E-state index contributed by atoms with van der Waals surface area (Å²) >= 11 is 12.9. The summed E-state index contributed by atoms with van der Waals surface area (Å²) in [4.78, 5) is 11.1. The lowest BCUT2D eigenvalue weighted by Gasteiger charge is -2.16. The Balaban J connectivity index is 1.62. The molecule has 0 saturated carbocycles. The number of aromatic nitrogens is 2. The van der Waals surface area contributed by atoms with E-state index in [1.807, 2.05) is 19.1 Å². The number of carboxylic acids is 1. The minimum atomic E-state index is -1.30. The van der Waals surface area contributed by atoms with Gasteiger partial charge in [-0.25, -0.2) is 13.9 Å². The quantitative estimate of drug-likeness (QED) is 0.275. The molecule has 8 heteroatoms. The van der Waals surface area contributed by atoms with E-state index in [9.17, 15) is 9.18 Å². The summed E-state index contributed by atoms with van der Waals surface area (Å²) in [6, 6.07) is 14.9. The van der Waals surface area contributed by atoms with Crippen molar-refractivity contribution in [2.24, 2.45) is 0 Å². The van der Waals surface area contributed by atoms with Gasteiger partial charge in [-0.3, -0.25) is 0 Å². The zero-order valence-electron chi connectivity index (χ0n) is 19.3. The Morgan fingerprint density at radius 2 is 1.83 bits per heavy atom. The lowest BCUT2D eigenvalue weighted by molar-refractivity contribution is 0.0692. The molecule has 0 amide bonds. The Kier molecular flexibility index (Phi) is 7.15. The number of nitrogens with zero attached hydrogens (tertiary/aromatic N) is 2. The first-order valence-corrected chi connectivity index (χ1v) is 11.7. The van der Waals surface area contributed by atoms with E-state index in [1.165, 1.54) is 12.1 Å². The van der Waals surface area contributed by atoms with Crippen LogP contribution in [-0.2, 0) is 6.61 Å². The number of aryl methyl sites for hydroxylation is 1. The average molecular weight is 513 g/mol. The molecule has 0 spiro atoms. The van der Waals surface area contributed by atoms with Gasteiger partial charge in [0.1, 0.15) is 23.9 Å². The standard InChI is InChI=1S/C27H23Cl2FN2O3/c1-15(2)21-13-31-32(26-22(28)5-4-6-23(26)29)25(21)14-35-18-8-10-19(16(3)11-18)17-7-9-20(27(33)34)24(30)12-17/h4-13,15H,14H2,1-3H3,(H,33,34). The van der Waals surface area contributed by atoms with Gasteiger partial charge in [0.15, 0.2) is 0 Å².